The van der Waals surface area contributed by atoms with Crippen LogP contribution in [0.4, 0.5) is 0 Å². The summed E-state index contributed by atoms with van der Waals surface area (Å²) in [5, 5.41) is 0.899. The number of hydrogen-bond donors (Lipinski definition) is 0. The molecule has 3 aromatic rings. The number of rotatable bonds is 6. The van der Waals surface area contributed by atoms with Crippen molar-refractivity contribution >= 4 is 16.5 Å². The lowest BCUT2D eigenvalue weighted by Gasteiger charge is -2.26. The van der Waals surface area contributed by atoms with Crippen LogP contribution in [0, 0.1) is 0 Å². The molecule has 0 fully saturated rings. The van der Waals surface area contributed by atoms with Crippen molar-refractivity contribution in [3.05, 3.63) is 82.7 Å². The smallest absolute Gasteiger partial charge is 0.336 e. The highest BCUT2D eigenvalue weighted by molar-refractivity contribution is 5.77. The summed E-state index contributed by atoms with van der Waals surface area (Å²) in [7, 11) is 0. The Labute approximate surface area is 158 Å². The predicted octanol–water partition coefficient (Wildman–Crippen LogP) is 4.35. The van der Waals surface area contributed by atoms with Gasteiger partial charge in [0.15, 0.2) is 0 Å². The minimum atomic E-state index is -0.340. The number of fused-ring (bicyclic) bond motifs is 1. The zero-order valence-corrected chi connectivity index (χ0v) is 15.3. The second-order valence-electron chi connectivity index (χ2n) is 6.80. The first-order valence-corrected chi connectivity index (χ1v) is 9.41. The van der Waals surface area contributed by atoms with Crippen molar-refractivity contribution < 1.29 is 9.15 Å². The zero-order chi connectivity index (χ0) is 18.5. The quantitative estimate of drug-likeness (QED) is 0.483. The highest BCUT2D eigenvalue weighted by Crippen LogP contribution is 2.22. The van der Waals surface area contributed by atoms with Crippen molar-refractivity contribution in [3.8, 4) is 5.75 Å². The third-order valence-corrected chi connectivity index (χ3v) is 4.92. The standard InChI is InChI=1S/C23H23NO3/c25-23-10-8-20-7-9-21(17-22(20)27-23)26-16-4-13-24-14-11-19(12-15-24)18-5-2-1-3-6-18/h1-3,5-11,17H,4,12-16H2. The Morgan fingerprint density at radius 2 is 1.89 bits per heavy atom. The van der Waals surface area contributed by atoms with Gasteiger partial charge in [0.2, 0.25) is 0 Å². The highest BCUT2D eigenvalue weighted by Gasteiger charge is 2.12. The molecule has 1 aliphatic heterocycles. The van der Waals surface area contributed by atoms with Crippen molar-refractivity contribution in [1.82, 2.24) is 4.90 Å². The third kappa shape index (κ3) is 4.47. The molecule has 4 rings (SSSR count). The fourth-order valence-electron chi connectivity index (χ4n) is 3.44. The molecule has 0 aliphatic carbocycles. The molecular formula is C23H23NO3. The molecule has 2 heterocycles. The maximum Gasteiger partial charge on any atom is 0.336 e. The van der Waals surface area contributed by atoms with Crippen molar-refractivity contribution in [2.24, 2.45) is 0 Å². The molecule has 1 aromatic heterocycles. The molecule has 0 saturated carbocycles. The molecule has 0 radical (unpaired) electrons. The fourth-order valence-corrected chi connectivity index (χ4v) is 3.44. The maximum absolute atomic E-state index is 11.3. The first kappa shape index (κ1) is 17.6. The van der Waals surface area contributed by atoms with E-state index in [0.717, 1.165) is 43.6 Å². The van der Waals surface area contributed by atoms with Crippen LogP contribution >= 0.6 is 0 Å². The topological polar surface area (TPSA) is 42.7 Å². The first-order chi connectivity index (χ1) is 13.3. The van der Waals surface area contributed by atoms with Gasteiger partial charge in [0.05, 0.1) is 6.61 Å². The second kappa shape index (κ2) is 8.23. The summed E-state index contributed by atoms with van der Waals surface area (Å²) in [6.07, 6.45) is 4.39. The van der Waals surface area contributed by atoms with Gasteiger partial charge in [-0.3, -0.25) is 4.90 Å². The van der Waals surface area contributed by atoms with Gasteiger partial charge in [0.25, 0.3) is 0 Å². The first-order valence-electron chi connectivity index (χ1n) is 9.41. The van der Waals surface area contributed by atoms with Gasteiger partial charge in [0.1, 0.15) is 11.3 Å². The van der Waals surface area contributed by atoms with E-state index in [9.17, 15) is 4.79 Å². The van der Waals surface area contributed by atoms with E-state index in [2.05, 4.69) is 41.3 Å². The summed E-state index contributed by atoms with van der Waals surface area (Å²) < 4.78 is 11.0. The van der Waals surface area contributed by atoms with Crippen LogP contribution < -0.4 is 10.4 Å². The average molecular weight is 361 g/mol. The van der Waals surface area contributed by atoms with Crippen LogP contribution in [-0.4, -0.2) is 31.1 Å². The molecule has 27 heavy (non-hydrogen) atoms. The number of nitrogens with zero attached hydrogens (tertiary/aromatic N) is 1. The van der Waals surface area contributed by atoms with Crippen LogP contribution in [0.3, 0.4) is 0 Å². The van der Waals surface area contributed by atoms with Crippen LogP contribution in [-0.2, 0) is 0 Å². The van der Waals surface area contributed by atoms with E-state index in [1.807, 2.05) is 12.1 Å². The van der Waals surface area contributed by atoms with Crippen molar-refractivity contribution in [3.63, 3.8) is 0 Å². The Balaban J connectivity index is 1.25. The Hall–Kier alpha value is -2.85. The molecule has 138 valence electrons. The predicted molar refractivity (Wildman–Crippen MR) is 108 cm³/mol. The average Bonchev–Trinajstić information content (AvgIpc) is 2.72. The zero-order valence-electron chi connectivity index (χ0n) is 15.3. The summed E-state index contributed by atoms with van der Waals surface area (Å²) in [6.45, 7) is 3.74. The van der Waals surface area contributed by atoms with Gasteiger partial charge in [-0.15, -0.1) is 0 Å². The van der Waals surface area contributed by atoms with Crippen molar-refractivity contribution in [2.45, 2.75) is 12.8 Å². The van der Waals surface area contributed by atoms with Crippen LogP contribution in [0.1, 0.15) is 18.4 Å². The van der Waals surface area contributed by atoms with Gasteiger partial charge in [0, 0.05) is 37.2 Å². The highest BCUT2D eigenvalue weighted by atomic mass is 16.5. The molecule has 1 aliphatic rings. The molecule has 0 saturated heterocycles. The lowest BCUT2D eigenvalue weighted by atomic mass is 9.99. The van der Waals surface area contributed by atoms with E-state index >= 15 is 0 Å². The number of benzene rings is 2. The molecule has 0 amide bonds. The Morgan fingerprint density at radius 3 is 2.70 bits per heavy atom. The number of hydrogen-bond acceptors (Lipinski definition) is 4. The summed E-state index contributed by atoms with van der Waals surface area (Å²) in [5.41, 5.74) is 3.01. The lowest BCUT2D eigenvalue weighted by Crippen LogP contribution is -2.30. The Kier molecular flexibility index (Phi) is 5.35. The molecule has 0 unspecified atom stereocenters. The Bertz CT molecular complexity index is 991. The van der Waals surface area contributed by atoms with E-state index in [1.165, 1.54) is 17.2 Å². The summed E-state index contributed by atoms with van der Waals surface area (Å²) in [6, 6.07) is 19.4. The molecule has 4 heteroatoms. The molecular weight excluding hydrogens is 338 g/mol. The van der Waals surface area contributed by atoms with Gasteiger partial charge in [-0.05, 0) is 42.2 Å². The molecule has 0 N–H and O–H groups in total. The normalized spacial score (nSPS) is 14.9. The second-order valence-corrected chi connectivity index (χ2v) is 6.80. The van der Waals surface area contributed by atoms with Crippen LogP contribution in [0.2, 0.25) is 0 Å². The summed E-state index contributed by atoms with van der Waals surface area (Å²) >= 11 is 0. The summed E-state index contributed by atoms with van der Waals surface area (Å²) in [5.74, 6) is 0.738. The lowest BCUT2D eigenvalue weighted by molar-refractivity contribution is 0.248. The monoisotopic (exact) mass is 361 g/mol. The van der Waals surface area contributed by atoms with Gasteiger partial charge >= 0.3 is 5.63 Å². The summed E-state index contributed by atoms with van der Waals surface area (Å²) in [4.78, 5) is 13.8. The van der Waals surface area contributed by atoms with Gasteiger partial charge in [-0.2, -0.15) is 0 Å². The largest absolute Gasteiger partial charge is 0.493 e. The Morgan fingerprint density at radius 1 is 1.04 bits per heavy atom. The van der Waals surface area contributed by atoms with E-state index < -0.39 is 0 Å². The van der Waals surface area contributed by atoms with Crippen LogP contribution in [0.25, 0.3) is 16.5 Å². The molecule has 4 nitrogen and oxygen atoms in total. The molecule has 0 atom stereocenters. The third-order valence-electron chi connectivity index (χ3n) is 4.92. The number of ether oxygens (including phenoxy) is 1. The van der Waals surface area contributed by atoms with Crippen LogP contribution in [0.15, 0.2) is 76.0 Å². The van der Waals surface area contributed by atoms with E-state index in [0.29, 0.717) is 12.2 Å². The van der Waals surface area contributed by atoms with E-state index in [4.69, 9.17) is 9.15 Å². The minimum Gasteiger partial charge on any atom is -0.493 e. The SMILES string of the molecule is O=c1ccc2ccc(OCCCN3CC=C(c4ccccc4)CC3)cc2o1. The molecule has 0 bridgehead atoms. The minimum absolute atomic E-state index is 0.340. The molecule has 0 spiro atoms. The van der Waals surface area contributed by atoms with Crippen molar-refractivity contribution in [1.29, 1.82) is 0 Å². The van der Waals surface area contributed by atoms with Crippen LogP contribution in [0.5, 0.6) is 5.75 Å². The van der Waals surface area contributed by atoms with E-state index in [1.54, 1.807) is 12.1 Å². The van der Waals surface area contributed by atoms with Crippen molar-refractivity contribution in [2.75, 3.05) is 26.2 Å². The van der Waals surface area contributed by atoms with Gasteiger partial charge in [-0.25, -0.2) is 4.79 Å². The van der Waals surface area contributed by atoms with E-state index in [-0.39, 0.29) is 5.63 Å². The molecule has 2 aromatic carbocycles. The fraction of sp³-hybridized carbons (Fsp3) is 0.261. The maximum atomic E-state index is 11.3. The van der Waals surface area contributed by atoms with Gasteiger partial charge in [-0.1, -0.05) is 36.4 Å². The van der Waals surface area contributed by atoms with Gasteiger partial charge < -0.3 is 9.15 Å².